The van der Waals surface area contributed by atoms with Gasteiger partial charge in [-0.15, -0.1) is 0 Å². The third-order valence-corrected chi connectivity index (χ3v) is 3.52. The zero-order chi connectivity index (χ0) is 13.2. The minimum atomic E-state index is -0.442. The van der Waals surface area contributed by atoms with Crippen LogP contribution in [-0.2, 0) is 0 Å². The normalized spacial score (nSPS) is 10.3. The van der Waals surface area contributed by atoms with Gasteiger partial charge in [-0.3, -0.25) is 0 Å². The molecule has 1 N–H and O–H groups in total. The molecule has 0 saturated heterocycles. The second kappa shape index (κ2) is 4.67. The predicted molar refractivity (Wildman–Crippen MR) is 74.0 cm³/mol. The smallest absolute Gasteiger partial charge is 0.188 e. The number of nitriles is 1. The van der Waals surface area contributed by atoms with E-state index in [9.17, 15) is 4.39 Å². The van der Waals surface area contributed by atoms with E-state index in [2.05, 4.69) is 10.3 Å². The maximum absolute atomic E-state index is 13.3. The second-order valence-electron chi connectivity index (χ2n) is 3.95. The zero-order valence-electron chi connectivity index (χ0n) is 9.72. The summed E-state index contributed by atoms with van der Waals surface area (Å²) in [4.78, 5) is 4.40. The number of benzene rings is 2. The van der Waals surface area contributed by atoms with Crippen LogP contribution in [0.2, 0.25) is 0 Å². The number of hydrogen-bond donors (Lipinski definition) is 1. The highest BCUT2D eigenvalue weighted by atomic mass is 32.1. The summed E-state index contributed by atoms with van der Waals surface area (Å²) >= 11 is 1.48. The Labute approximate surface area is 113 Å². The average molecular weight is 269 g/mol. The minimum absolute atomic E-state index is 0.281. The quantitative estimate of drug-likeness (QED) is 0.763. The lowest BCUT2D eigenvalue weighted by Gasteiger charge is -2.02. The number of rotatable bonds is 2. The van der Waals surface area contributed by atoms with Crippen LogP contribution in [0.4, 0.5) is 15.2 Å². The maximum atomic E-state index is 13.3. The molecule has 0 spiro atoms. The fraction of sp³-hybridized carbons (Fsp3) is 0. The topological polar surface area (TPSA) is 48.7 Å². The molecule has 0 radical (unpaired) electrons. The molecule has 0 aliphatic heterocycles. The van der Waals surface area contributed by atoms with Gasteiger partial charge in [0.1, 0.15) is 5.82 Å². The van der Waals surface area contributed by atoms with Crippen LogP contribution in [0.25, 0.3) is 10.2 Å². The van der Waals surface area contributed by atoms with E-state index in [4.69, 9.17) is 5.26 Å². The molecule has 3 rings (SSSR count). The molecule has 0 bridgehead atoms. The average Bonchev–Trinajstić information content (AvgIpc) is 2.80. The molecule has 92 valence electrons. The number of hydrogen-bond acceptors (Lipinski definition) is 4. The molecule has 0 amide bonds. The van der Waals surface area contributed by atoms with Crippen molar-refractivity contribution in [1.82, 2.24) is 4.98 Å². The van der Waals surface area contributed by atoms with Gasteiger partial charge in [0.25, 0.3) is 0 Å². The lowest BCUT2D eigenvalue weighted by Crippen LogP contribution is -1.91. The number of nitrogens with one attached hydrogen (secondary N) is 1. The molecule has 0 saturated carbocycles. The van der Waals surface area contributed by atoms with Crippen molar-refractivity contribution in [3.05, 3.63) is 53.8 Å². The molecular weight excluding hydrogens is 261 g/mol. The first-order valence-corrected chi connectivity index (χ1v) is 6.39. The minimum Gasteiger partial charge on any atom is -0.331 e. The van der Waals surface area contributed by atoms with Crippen molar-refractivity contribution in [2.75, 3.05) is 5.32 Å². The van der Waals surface area contributed by atoms with Gasteiger partial charge in [0, 0.05) is 5.69 Å². The van der Waals surface area contributed by atoms with E-state index in [1.807, 2.05) is 30.3 Å². The Hall–Kier alpha value is -2.45. The largest absolute Gasteiger partial charge is 0.331 e. The lowest BCUT2D eigenvalue weighted by molar-refractivity contribution is 0.628. The van der Waals surface area contributed by atoms with Crippen LogP contribution in [0.1, 0.15) is 5.56 Å². The van der Waals surface area contributed by atoms with Crippen molar-refractivity contribution >= 4 is 32.4 Å². The molecule has 0 atom stereocenters. The van der Waals surface area contributed by atoms with E-state index in [1.165, 1.54) is 23.5 Å². The Morgan fingerprint density at radius 1 is 1.21 bits per heavy atom. The van der Waals surface area contributed by atoms with Gasteiger partial charge in [-0.05, 0) is 30.3 Å². The van der Waals surface area contributed by atoms with Crippen LogP contribution in [0.5, 0.6) is 0 Å². The van der Waals surface area contributed by atoms with Crippen molar-refractivity contribution in [1.29, 1.82) is 5.26 Å². The molecule has 5 heteroatoms. The molecule has 1 heterocycles. The summed E-state index contributed by atoms with van der Waals surface area (Å²) in [6.07, 6.45) is 0. The van der Waals surface area contributed by atoms with Gasteiger partial charge in [-0.1, -0.05) is 23.5 Å². The van der Waals surface area contributed by atoms with Gasteiger partial charge in [0.2, 0.25) is 0 Å². The first kappa shape index (κ1) is 11.6. The van der Waals surface area contributed by atoms with E-state index in [0.29, 0.717) is 10.8 Å². The van der Waals surface area contributed by atoms with Crippen molar-refractivity contribution < 1.29 is 4.39 Å². The van der Waals surface area contributed by atoms with Crippen LogP contribution in [-0.4, -0.2) is 4.98 Å². The van der Waals surface area contributed by atoms with Crippen LogP contribution >= 0.6 is 11.3 Å². The molecule has 0 aliphatic rings. The standard InChI is InChI=1S/C14H8FN3S/c15-10-5-9(8-16)6-11(7-10)17-14-18-12-3-1-2-4-13(12)19-14/h1-7H,(H,17,18). The van der Waals surface area contributed by atoms with Crippen LogP contribution in [0.3, 0.4) is 0 Å². The first-order chi connectivity index (χ1) is 9.24. The number of halogens is 1. The maximum Gasteiger partial charge on any atom is 0.188 e. The highest BCUT2D eigenvalue weighted by Crippen LogP contribution is 2.28. The van der Waals surface area contributed by atoms with E-state index in [0.717, 1.165) is 10.2 Å². The van der Waals surface area contributed by atoms with Crippen molar-refractivity contribution in [3.63, 3.8) is 0 Å². The molecule has 0 unspecified atom stereocenters. The molecule has 1 aromatic heterocycles. The molecular formula is C14H8FN3S. The van der Waals surface area contributed by atoms with Gasteiger partial charge in [-0.2, -0.15) is 5.26 Å². The Balaban J connectivity index is 1.96. The third kappa shape index (κ3) is 2.39. The van der Waals surface area contributed by atoms with Gasteiger partial charge in [-0.25, -0.2) is 9.37 Å². The lowest BCUT2D eigenvalue weighted by atomic mass is 10.2. The second-order valence-corrected chi connectivity index (χ2v) is 4.98. The Morgan fingerprint density at radius 3 is 2.84 bits per heavy atom. The third-order valence-electron chi connectivity index (χ3n) is 2.57. The summed E-state index contributed by atoms with van der Waals surface area (Å²) < 4.78 is 14.4. The number of aromatic nitrogens is 1. The Morgan fingerprint density at radius 2 is 2.05 bits per heavy atom. The molecule has 19 heavy (non-hydrogen) atoms. The van der Waals surface area contributed by atoms with Crippen LogP contribution in [0, 0.1) is 17.1 Å². The van der Waals surface area contributed by atoms with E-state index < -0.39 is 5.82 Å². The zero-order valence-corrected chi connectivity index (χ0v) is 10.5. The van der Waals surface area contributed by atoms with E-state index >= 15 is 0 Å². The fourth-order valence-electron chi connectivity index (χ4n) is 1.78. The van der Waals surface area contributed by atoms with Gasteiger partial charge in [0.05, 0.1) is 21.8 Å². The molecule has 0 aliphatic carbocycles. The Bertz CT molecular complexity index is 756. The fourth-order valence-corrected chi connectivity index (χ4v) is 2.66. The molecule has 2 aromatic carbocycles. The Kier molecular flexibility index (Phi) is 2.86. The number of anilines is 2. The van der Waals surface area contributed by atoms with Crippen molar-refractivity contribution in [3.8, 4) is 6.07 Å². The van der Waals surface area contributed by atoms with Gasteiger partial charge < -0.3 is 5.32 Å². The number of thiazole rings is 1. The summed E-state index contributed by atoms with van der Waals surface area (Å²) in [6.45, 7) is 0. The number of nitrogens with zero attached hydrogens (tertiary/aromatic N) is 2. The first-order valence-electron chi connectivity index (χ1n) is 5.58. The van der Waals surface area contributed by atoms with Crippen molar-refractivity contribution in [2.45, 2.75) is 0 Å². The molecule has 3 nitrogen and oxygen atoms in total. The highest BCUT2D eigenvalue weighted by molar-refractivity contribution is 7.22. The monoisotopic (exact) mass is 269 g/mol. The number of para-hydroxylation sites is 1. The number of fused-ring (bicyclic) bond motifs is 1. The summed E-state index contributed by atoms with van der Waals surface area (Å²) in [5, 5.41) is 12.5. The van der Waals surface area contributed by atoms with Gasteiger partial charge in [0.15, 0.2) is 5.13 Å². The summed E-state index contributed by atoms with van der Waals surface area (Å²) in [5.41, 5.74) is 1.70. The summed E-state index contributed by atoms with van der Waals surface area (Å²) in [7, 11) is 0. The molecule has 0 fully saturated rings. The SMILES string of the molecule is N#Cc1cc(F)cc(Nc2nc3ccccc3s2)c1. The highest BCUT2D eigenvalue weighted by Gasteiger charge is 2.05. The van der Waals surface area contributed by atoms with Crippen LogP contribution in [0.15, 0.2) is 42.5 Å². The predicted octanol–water partition coefficient (Wildman–Crippen LogP) is 4.05. The summed E-state index contributed by atoms with van der Waals surface area (Å²) in [6, 6.07) is 13.8. The van der Waals surface area contributed by atoms with E-state index in [-0.39, 0.29) is 5.56 Å². The van der Waals surface area contributed by atoms with Gasteiger partial charge >= 0.3 is 0 Å². The van der Waals surface area contributed by atoms with Crippen molar-refractivity contribution in [2.24, 2.45) is 0 Å². The van der Waals surface area contributed by atoms with E-state index in [1.54, 1.807) is 6.07 Å². The summed E-state index contributed by atoms with van der Waals surface area (Å²) in [5.74, 6) is -0.442. The molecule has 3 aromatic rings. The van der Waals surface area contributed by atoms with Crippen LogP contribution < -0.4 is 5.32 Å².